The smallest absolute Gasteiger partial charge is 0.257 e. The Labute approximate surface area is 203 Å². The fourth-order valence-electron chi connectivity index (χ4n) is 3.70. The number of halogens is 1. The topological polar surface area (TPSA) is 103 Å². The predicted molar refractivity (Wildman–Crippen MR) is 131 cm³/mol. The number of amides is 1. The molecule has 9 heteroatoms. The summed E-state index contributed by atoms with van der Waals surface area (Å²) in [5.74, 6) is 1.14. The van der Waals surface area contributed by atoms with Crippen molar-refractivity contribution in [2.75, 3.05) is 20.8 Å². The Hall–Kier alpha value is -3.36. The number of rotatable bonds is 9. The molecule has 180 valence electrons. The number of aromatic nitrogens is 2. The van der Waals surface area contributed by atoms with Gasteiger partial charge in [-0.1, -0.05) is 17.7 Å². The molecular weight excluding hydrogens is 458 g/mol. The van der Waals surface area contributed by atoms with E-state index < -0.39 is 0 Å². The van der Waals surface area contributed by atoms with Gasteiger partial charge >= 0.3 is 0 Å². The molecule has 0 aliphatic rings. The van der Waals surface area contributed by atoms with Crippen LogP contribution in [0.2, 0.25) is 5.02 Å². The lowest BCUT2D eigenvalue weighted by Gasteiger charge is -2.19. The summed E-state index contributed by atoms with van der Waals surface area (Å²) in [4.78, 5) is 30.8. The van der Waals surface area contributed by atoms with Crippen molar-refractivity contribution >= 4 is 17.5 Å². The zero-order valence-electron chi connectivity index (χ0n) is 19.6. The van der Waals surface area contributed by atoms with Crippen LogP contribution in [0.4, 0.5) is 0 Å². The molecule has 0 radical (unpaired) electrons. The van der Waals surface area contributed by atoms with E-state index in [9.17, 15) is 14.7 Å². The lowest BCUT2D eigenvalue weighted by atomic mass is 10.1. The highest BCUT2D eigenvalue weighted by atomic mass is 35.5. The Bertz CT molecular complexity index is 1220. The number of benzene rings is 2. The van der Waals surface area contributed by atoms with E-state index in [0.717, 1.165) is 5.56 Å². The molecule has 1 heterocycles. The van der Waals surface area contributed by atoms with Crippen LogP contribution in [-0.2, 0) is 17.8 Å². The zero-order valence-corrected chi connectivity index (χ0v) is 20.3. The van der Waals surface area contributed by atoms with Gasteiger partial charge in [-0.05, 0) is 55.8 Å². The van der Waals surface area contributed by atoms with Crippen LogP contribution in [0.15, 0.2) is 47.3 Å². The maximum atomic E-state index is 13.3. The molecule has 0 fully saturated rings. The van der Waals surface area contributed by atoms with E-state index in [1.165, 1.54) is 4.57 Å². The summed E-state index contributed by atoms with van der Waals surface area (Å²) in [6.45, 7) is 3.13. The SMILES string of the molecule is COc1ccc([C@@H](C)NC(=O)Cn2c(-c3ccc(Cl)cc3)nc(C)c(CCO)c2=O)cc1OC. The number of methoxy groups -OCH3 is 2. The van der Waals surface area contributed by atoms with Gasteiger partial charge in [0.05, 0.1) is 20.3 Å². The molecule has 2 aromatic carbocycles. The van der Waals surface area contributed by atoms with Crippen molar-refractivity contribution in [2.45, 2.75) is 32.9 Å². The molecule has 34 heavy (non-hydrogen) atoms. The highest BCUT2D eigenvalue weighted by Gasteiger charge is 2.19. The summed E-state index contributed by atoms with van der Waals surface area (Å²) in [5.41, 5.74) is 2.00. The highest BCUT2D eigenvalue weighted by Crippen LogP contribution is 2.30. The first-order valence-corrected chi connectivity index (χ1v) is 11.1. The molecule has 1 aromatic heterocycles. The first kappa shape index (κ1) is 25.3. The number of aliphatic hydroxyl groups excluding tert-OH is 1. The molecule has 0 unspecified atom stereocenters. The molecule has 0 saturated carbocycles. The van der Waals surface area contributed by atoms with Gasteiger partial charge in [0.25, 0.3) is 5.56 Å². The van der Waals surface area contributed by atoms with E-state index in [2.05, 4.69) is 10.3 Å². The number of carbonyl (C=O) groups is 1. The highest BCUT2D eigenvalue weighted by molar-refractivity contribution is 6.30. The van der Waals surface area contributed by atoms with Gasteiger partial charge in [0.2, 0.25) is 5.91 Å². The third kappa shape index (κ3) is 5.58. The van der Waals surface area contributed by atoms with Crippen molar-refractivity contribution in [3.05, 3.63) is 74.7 Å². The van der Waals surface area contributed by atoms with Crippen molar-refractivity contribution in [1.82, 2.24) is 14.9 Å². The third-order valence-corrected chi connectivity index (χ3v) is 5.77. The van der Waals surface area contributed by atoms with E-state index in [4.69, 9.17) is 21.1 Å². The van der Waals surface area contributed by atoms with Gasteiger partial charge in [0.15, 0.2) is 11.5 Å². The molecule has 0 aliphatic heterocycles. The Morgan fingerprint density at radius 3 is 2.44 bits per heavy atom. The maximum Gasteiger partial charge on any atom is 0.257 e. The van der Waals surface area contributed by atoms with Crippen LogP contribution in [0, 0.1) is 6.92 Å². The second kappa shape index (κ2) is 11.2. The summed E-state index contributed by atoms with van der Waals surface area (Å²) in [5, 5.41) is 12.9. The van der Waals surface area contributed by atoms with Gasteiger partial charge in [0.1, 0.15) is 12.4 Å². The van der Waals surface area contributed by atoms with Gasteiger partial charge < -0.3 is 19.9 Å². The normalized spacial score (nSPS) is 11.7. The lowest BCUT2D eigenvalue weighted by molar-refractivity contribution is -0.122. The molecule has 0 spiro atoms. The zero-order chi connectivity index (χ0) is 24.8. The number of hydrogen-bond donors (Lipinski definition) is 2. The molecule has 0 bridgehead atoms. The average molecular weight is 486 g/mol. The number of ether oxygens (including phenoxy) is 2. The minimum atomic E-state index is -0.361. The monoisotopic (exact) mass is 485 g/mol. The minimum Gasteiger partial charge on any atom is -0.493 e. The molecule has 0 saturated heterocycles. The Morgan fingerprint density at radius 2 is 1.82 bits per heavy atom. The van der Waals surface area contributed by atoms with Gasteiger partial charge in [-0.2, -0.15) is 0 Å². The largest absolute Gasteiger partial charge is 0.493 e. The van der Waals surface area contributed by atoms with Crippen LogP contribution in [0.3, 0.4) is 0 Å². The first-order valence-electron chi connectivity index (χ1n) is 10.8. The summed E-state index contributed by atoms with van der Waals surface area (Å²) >= 11 is 6.01. The quantitative estimate of drug-likeness (QED) is 0.482. The molecule has 1 atom stereocenters. The second-order valence-corrected chi connectivity index (χ2v) is 8.21. The van der Waals surface area contributed by atoms with E-state index >= 15 is 0 Å². The van der Waals surface area contributed by atoms with Crippen molar-refractivity contribution < 1.29 is 19.4 Å². The van der Waals surface area contributed by atoms with Gasteiger partial charge in [-0.15, -0.1) is 0 Å². The van der Waals surface area contributed by atoms with E-state index in [1.54, 1.807) is 57.5 Å². The van der Waals surface area contributed by atoms with E-state index in [1.807, 2.05) is 13.0 Å². The van der Waals surface area contributed by atoms with Gasteiger partial charge in [0, 0.05) is 34.9 Å². The first-order chi connectivity index (χ1) is 16.3. The van der Waals surface area contributed by atoms with Crippen molar-refractivity contribution in [1.29, 1.82) is 0 Å². The summed E-state index contributed by atoms with van der Waals surface area (Å²) in [6.07, 6.45) is 0.155. The summed E-state index contributed by atoms with van der Waals surface area (Å²) < 4.78 is 11.9. The minimum absolute atomic E-state index is 0.155. The number of nitrogens with one attached hydrogen (secondary N) is 1. The number of aryl methyl sites for hydroxylation is 1. The Balaban J connectivity index is 1.92. The molecule has 3 rings (SSSR count). The van der Waals surface area contributed by atoms with Crippen LogP contribution in [0.25, 0.3) is 11.4 Å². The van der Waals surface area contributed by atoms with Gasteiger partial charge in [-0.25, -0.2) is 4.98 Å². The fraction of sp³-hybridized carbons (Fsp3) is 0.320. The standard InChI is InChI=1S/C25H28ClN3O5/c1-15(18-7-10-21(33-3)22(13-18)34-4)27-23(31)14-29-24(17-5-8-19(26)9-6-17)28-16(2)20(11-12-30)25(29)32/h5-10,13,15,30H,11-12,14H2,1-4H3,(H,27,31)/t15-/m1/s1. The lowest BCUT2D eigenvalue weighted by Crippen LogP contribution is -2.36. The number of nitrogens with zero attached hydrogens (tertiary/aromatic N) is 2. The summed E-state index contributed by atoms with van der Waals surface area (Å²) in [7, 11) is 3.10. The van der Waals surface area contributed by atoms with Gasteiger partial charge in [-0.3, -0.25) is 14.2 Å². The summed E-state index contributed by atoms with van der Waals surface area (Å²) in [6, 6.07) is 11.9. The number of hydrogen-bond acceptors (Lipinski definition) is 6. The Morgan fingerprint density at radius 1 is 1.15 bits per heavy atom. The maximum absolute atomic E-state index is 13.3. The van der Waals surface area contributed by atoms with Crippen LogP contribution in [0.1, 0.15) is 29.8 Å². The number of carbonyl (C=O) groups excluding carboxylic acids is 1. The van der Waals surface area contributed by atoms with Crippen molar-refractivity contribution in [2.24, 2.45) is 0 Å². The van der Waals surface area contributed by atoms with Crippen LogP contribution in [-0.4, -0.2) is 41.4 Å². The van der Waals surface area contributed by atoms with E-state index in [0.29, 0.717) is 39.2 Å². The molecule has 0 aliphatic carbocycles. The van der Waals surface area contributed by atoms with Crippen LogP contribution >= 0.6 is 11.6 Å². The molecule has 1 amide bonds. The molecule has 3 aromatic rings. The average Bonchev–Trinajstić information content (AvgIpc) is 2.83. The Kier molecular flexibility index (Phi) is 8.31. The van der Waals surface area contributed by atoms with E-state index in [-0.39, 0.29) is 37.1 Å². The third-order valence-electron chi connectivity index (χ3n) is 5.52. The molecule has 8 nitrogen and oxygen atoms in total. The predicted octanol–water partition coefficient (Wildman–Crippen LogP) is 3.30. The van der Waals surface area contributed by atoms with Crippen LogP contribution in [0.5, 0.6) is 11.5 Å². The fourth-order valence-corrected chi connectivity index (χ4v) is 3.83. The number of aliphatic hydroxyl groups is 1. The molecular formula is C25H28ClN3O5. The molecule has 2 N–H and O–H groups in total. The van der Waals surface area contributed by atoms with Crippen LogP contribution < -0.4 is 20.3 Å². The second-order valence-electron chi connectivity index (χ2n) is 7.77. The van der Waals surface area contributed by atoms with Crippen molar-refractivity contribution in [3.8, 4) is 22.9 Å². The van der Waals surface area contributed by atoms with Crippen molar-refractivity contribution in [3.63, 3.8) is 0 Å².